The predicted molar refractivity (Wildman–Crippen MR) is 111 cm³/mol. The maximum atomic E-state index is 12.9. The number of carbonyl (C=O) groups excluding carboxylic acids is 1. The molecule has 0 saturated carbocycles. The molecule has 142 valence electrons. The molecule has 0 spiro atoms. The Labute approximate surface area is 169 Å². The van der Waals surface area contributed by atoms with Crippen molar-refractivity contribution in [3.05, 3.63) is 88.3 Å². The lowest BCUT2D eigenvalue weighted by Crippen LogP contribution is -2.46. The normalized spacial score (nSPS) is 16.8. The SMILES string of the molecule is Cc1ncccc1C(=O)c1cccc(N2CCNC(c3ccc(Cl)cc3)C2)n1. The maximum Gasteiger partial charge on any atom is 0.213 e. The molecular weight excluding hydrogens is 372 g/mol. The second-order valence-corrected chi connectivity index (χ2v) is 7.29. The molecule has 1 aromatic carbocycles. The lowest BCUT2D eigenvalue weighted by Gasteiger charge is -2.35. The Kier molecular flexibility index (Phi) is 5.37. The van der Waals surface area contributed by atoms with Crippen molar-refractivity contribution in [2.45, 2.75) is 13.0 Å². The summed E-state index contributed by atoms with van der Waals surface area (Å²) < 4.78 is 0. The second kappa shape index (κ2) is 8.09. The van der Waals surface area contributed by atoms with Gasteiger partial charge in [-0.25, -0.2) is 4.98 Å². The van der Waals surface area contributed by atoms with Gasteiger partial charge in [-0.2, -0.15) is 0 Å². The van der Waals surface area contributed by atoms with Gasteiger partial charge < -0.3 is 10.2 Å². The van der Waals surface area contributed by atoms with Crippen molar-refractivity contribution in [3.63, 3.8) is 0 Å². The molecule has 3 heterocycles. The molecule has 1 fully saturated rings. The van der Waals surface area contributed by atoms with E-state index in [0.717, 1.165) is 30.5 Å². The molecule has 1 saturated heterocycles. The van der Waals surface area contributed by atoms with Gasteiger partial charge in [-0.15, -0.1) is 0 Å². The van der Waals surface area contributed by atoms with E-state index >= 15 is 0 Å². The molecule has 28 heavy (non-hydrogen) atoms. The van der Waals surface area contributed by atoms with Gasteiger partial charge in [-0.1, -0.05) is 29.8 Å². The van der Waals surface area contributed by atoms with Gasteiger partial charge in [0.1, 0.15) is 11.5 Å². The van der Waals surface area contributed by atoms with Crippen LogP contribution in [0, 0.1) is 6.92 Å². The fourth-order valence-electron chi connectivity index (χ4n) is 3.46. The molecular formula is C22H21ClN4O. The molecule has 0 amide bonds. The molecule has 0 radical (unpaired) electrons. The zero-order chi connectivity index (χ0) is 19.5. The third-order valence-electron chi connectivity index (χ3n) is 4.99. The Hall–Kier alpha value is -2.76. The van der Waals surface area contributed by atoms with Crippen molar-refractivity contribution < 1.29 is 4.79 Å². The quantitative estimate of drug-likeness (QED) is 0.684. The Balaban J connectivity index is 1.56. The minimum atomic E-state index is -0.100. The molecule has 4 rings (SSSR count). The first-order valence-electron chi connectivity index (χ1n) is 9.29. The number of hydrogen-bond donors (Lipinski definition) is 1. The van der Waals surface area contributed by atoms with Crippen molar-refractivity contribution in [2.75, 3.05) is 24.5 Å². The lowest BCUT2D eigenvalue weighted by atomic mass is 10.0. The Morgan fingerprint density at radius 3 is 2.75 bits per heavy atom. The topological polar surface area (TPSA) is 58.1 Å². The van der Waals surface area contributed by atoms with Crippen LogP contribution >= 0.6 is 11.6 Å². The predicted octanol–water partition coefficient (Wildman–Crippen LogP) is 3.82. The standard InChI is InChI=1S/C22H21ClN4O/c1-15-18(4-3-11-24-15)22(28)19-5-2-6-21(26-19)27-13-12-25-20(14-27)16-7-9-17(23)10-8-16/h2-11,20,25H,12-14H2,1H3. The molecule has 1 unspecified atom stereocenters. The number of carbonyl (C=O) groups is 1. The zero-order valence-corrected chi connectivity index (χ0v) is 16.4. The van der Waals surface area contributed by atoms with Crippen molar-refractivity contribution in [1.82, 2.24) is 15.3 Å². The summed E-state index contributed by atoms with van der Waals surface area (Å²) >= 11 is 6.01. The van der Waals surface area contributed by atoms with Crippen LogP contribution in [0.5, 0.6) is 0 Å². The summed E-state index contributed by atoms with van der Waals surface area (Å²) in [6, 6.07) is 17.3. The number of ketones is 1. The number of pyridine rings is 2. The van der Waals surface area contributed by atoms with Crippen LogP contribution < -0.4 is 10.2 Å². The first kappa shape index (κ1) is 18.6. The number of aryl methyl sites for hydroxylation is 1. The summed E-state index contributed by atoms with van der Waals surface area (Å²) in [5.41, 5.74) is 2.93. The monoisotopic (exact) mass is 392 g/mol. The van der Waals surface area contributed by atoms with Crippen molar-refractivity contribution in [1.29, 1.82) is 0 Å². The number of hydrogen-bond acceptors (Lipinski definition) is 5. The molecule has 5 nitrogen and oxygen atoms in total. The van der Waals surface area contributed by atoms with Gasteiger partial charge in [0.05, 0.1) is 0 Å². The van der Waals surface area contributed by atoms with Crippen LogP contribution in [0.15, 0.2) is 60.8 Å². The highest BCUT2D eigenvalue weighted by molar-refractivity contribution is 6.30. The van der Waals surface area contributed by atoms with Crippen molar-refractivity contribution >= 4 is 23.2 Å². The molecule has 3 aromatic rings. The van der Waals surface area contributed by atoms with Gasteiger partial charge in [0.15, 0.2) is 0 Å². The molecule has 0 aliphatic carbocycles. The molecule has 1 atom stereocenters. The molecule has 0 bridgehead atoms. The fraction of sp³-hybridized carbons (Fsp3) is 0.227. The third-order valence-corrected chi connectivity index (χ3v) is 5.24. The zero-order valence-electron chi connectivity index (χ0n) is 15.6. The van der Waals surface area contributed by atoms with Crippen molar-refractivity contribution in [3.8, 4) is 0 Å². The Morgan fingerprint density at radius 2 is 1.96 bits per heavy atom. The molecule has 1 N–H and O–H groups in total. The van der Waals surface area contributed by atoms with Gasteiger partial charge in [0.2, 0.25) is 5.78 Å². The van der Waals surface area contributed by atoms with Gasteiger partial charge in [-0.05, 0) is 48.9 Å². The summed E-state index contributed by atoms with van der Waals surface area (Å²) in [4.78, 5) is 24.0. The number of rotatable bonds is 4. The van der Waals surface area contributed by atoms with E-state index in [-0.39, 0.29) is 11.8 Å². The van der Waals surface area contributed by atoms with Crippen LogP contribution in [0.2, 0.25) is 5.02 Å². The van der Waals surface area contributed by atoms with Crippen LogP contribution in [0.1, 0.15) is 33.4 Å². The number of piperazine rings is 1. The Morgan fingerprint density at radius 1 is 1.14 bits per heavy atom. The summed E-state index contributed by atoms with van der Waals surface area (Å²) in [5.74, 6) is 0.713. The van der Waals surface area contributed by atoms with E-state index in [9.17, 15) is 4.79 Å². The van der Waals surface area contributed by atoms with Crippen LogP contribution in [0.4, 0.5) is 5.82 Å². The minimum absolute atomic E-state index is 0.100. The number of benzene rings is 1. The average Bonchev–Trinajstić information content (AvgIpc) is 2.74. The highest BCUT2D eigenvalue weighted by atomic mass is 35.5. The van der Waals surface area contributed by atoms with E-state index in [1.54, 1.807) is 24.4 Å². The molecule has 2 aromatic heterocycles. The van der Waals surface area contributed by atoms with Crippen LogP contribution in [-0.2, 0) is 0 Å². The number of halogens is 1. The van der Waals surface area contributed by atoms with E-state index in [2.05, 4.69) is 20.2 Å². The van der Waals surface area contributed by atoms with Gasteiger partial charge in [0.25, 0.3) is 0 Å². The van der Waals surface area contributed by atoms with E-state index < -0.39 is 0 Å². The Bertz CT molecular complexity index is 990. The summed E-state index contributed by atoms with van der Waals surface area (Å²) in [5, 5.41) is 4.27. The minimum Gasteiger partial charge on any atom is -0.353 e. The first-order chi connectivity index (χ1) is 13.6. The van der Waals surface area contributed by atoms with Gasteiger partial charge in [-0.3, -0.25) is 9.78 Å². The van der Waals surface area contributed by atoms with E-state index in [1.807, 2.05) is 43.3 Å². The molecule has 1 aliphatic rings. The van der Waals surface area contributed by atoms with Crippen LogP contribution in [0.25, 0.3) is 0 Å². The second-order valence-electron chi connectivity index (χ2n) is 6.85. The van der Waals surface area contributed by atoms with E-state index in [0.29, 0.717) is 17.0 Å². The van der Waals surface area contributed by atoms with Crippen LogP contribution in [-0.4, -0.2) is 35.4 Å². The average molecular weight is 393 g/mol. The molecule has 6 heteroatoms. The number of nitrogens with one attached hydrogen (secondary N) is 1. The lowest BCUT2D eigenvalue weighted by molar-refractivity contribution is 0.103. The first-order valence-corrected chi connectivity index (χ1v) is 9.67. The van der Waals surface area contributed by atoms with Gasteiger partial charge >= 0.3 is 0 Å². The largest absolute Gasteiger partial charge is 0.353 e. The summed E-state index contributed by atoms with van der Waals surface area (Å²) in [7, 11) is 0. The number of anilines is 1. The highest BCUT2D eigenvalue weighted by Crippen LogP contribution is 2.23. The van der Waals surface area contributed by atoms with E-state index in [1.165, 1.54) is 5.56 Å². The number of nitrogens with zero attached hydrogens (tertiary/aromatic N) is 3. The van der Waals surface area contributed by atoms with Gasteiger partial charge in [0, 0.05) is 48.2 Å². The number of aromatic nitrogens is 2. The van der Waals surface area contributed by atoms with Crippen molar-refractivity contribution in [2.24, 2.45) is 0 Å². The summed E-state index contributed by atoms with van der Waals surface area (Å²) in [6.07, 6.45) is 1.69. The fourth-order valence-corrected chi connectivity index (χ4v) is 3.59. The third kappa shape index (κ3) is 3.91. The summed E-state index contributed by atoms with van der Waals surface area (Å²) in [6.45, 7) is 4.29. The van der Waals surface area contributed by atoms with Crippen LogP contribution in [0.3, 0.4) is 0 Å². The maximum absolute atomic E-state index is 12.9. The smallest absolute Gasteiger partial charge is 0.213 e. The molecule has 1 aliphatic heterocycles. The highest BCUT2D eigenvalue weighted by Gasteiger charge is 2.23. The van der Waals surface area contributed by atoms with E-state index in [4.69, 9.17) is 11.6 Å².